The van der Waals surface area contributed by atoms with Gasteiger partial charge in [-0.15, -0.1) is 0 Å². The highest BCUT2D eigenvalue weighted by Crippen LogP contribution is 2.61. The van der Waals surface area contributed by atoms with E-state index in [9.17, 15) is 0 Å². The summed E-state index contributed by atoms with van der Waals surface area (Å²) in [7, 11) is 0. The molecule has 20 heavy (non-hydrogen) atoms. The van der Waals surface area contributed by atoms with E-state index in [0.717, 1.165) is 29.7 Å². The van der Waals surface area contributed by atoms with E-state index in [4.69, 9.17) is 1.41 Å². The van der Waals surface area contributed by atoms with Crippen molar-refractivity contribution in [3.8, 4) is 0 Å². The minimum absolute atomic E-state index is 0.534. The quantitative estimate of drug-likeness (QED) is 0.852. The summed E-state index contributed by atoms with van der Waals surface area (Å²) in [6.45, 7) is 3.52. The second-order valence-corrected chi connectivity index (χ2v) is 8.91. The fourth-order valence-corrected chi connectivity index (χ4v) is 6.96. The zero-order valence-electron chi connectivity index (χ0n) is 13.8. The maximum Gasteiger partial charge on any atom is 0.123 e. The Morgan fingerprint density at radius 3 is 2.30 bits per heavy atom. The fourth-order valence-electron chi connectivity index (χ4n) is 6.96. The van der Waals surface area contributed by atoms with Crippen molar-refractivity contribution in [2.75, 3.05) is 19.6 Å². The van der Waals surface area contributed by atoms with E-state index in [2.05, 4.69) is 4.90 Å². The molecule has 7 fully saturated rings. The Bertz CT molecular complexity index is 388. The maximum absolute atomic E-state index is 8.03. The molecule has 6 bridgehead atoms. The van der Waals surface area contributed by atoms with Gasteiger partial charge in [0.05, 0.1) is 0 Å². The van der Waals surface area contributed by atoms with Crippen molar-refractivity contribution in [3.05, 3.63) is 0 Å². The van der Waals surface area contributed by atoms with E-state index in [1.807, 2.05) is 5.31 Å². The van der Waals surface area contributed by atoms with Crippen LogP contribution in [0.25, 0.3) is 0 Å². The van der Waals surface area contributed by atoms with Crippen LogP contribution in [0.5, 0.6) is 0 Å². The van der Waals surface area contributed by atoms with Crippen LogP contribution in [0, 0.1) is 23.2 Å². The first-order chi connectivity index (χ1) is 10.2. The molecule has 3 heterocycles. The van der Waals surface area contributed by atoms with Gasteiger partial charge >= 0.3 is 0 Å². The Kier molecular flexibility index (Phi) is 2.56. The molecule has 0 aromatic heterocycles. The zero-order valence-corrected chi connectivity index (χ0v) is 12.8. The Labute approximate surface area is 125 Å². The zero-order chi connectivity index (χ0) is 14.0. The number of fused-ring (bicyclic) bond motifs is 3. The first kappa shape index (κ1) is 11.5. The number of piperidine rings is 2. The lowest BCUT2D eigenvalue weighted by molar-refractivity contribution is -0.0656. The van der Waals surface area contributed by atoms with Crippen LogP contribution in [0.1, 0.15) is 57.8 Å². The second kappa shape index (κ2) is 4.46. The van der Waals surface area contributed by atoms with Crippen LogP contribution in [0.2, 0.25) is 1.41 Å². The molecule has 0 aromatic carbocycles. The number of hydrogen-bond acceptors (Lipinski definition) is 2. The predicted octanol–water partition coefficient (Wildman–Crippen LogP) is 3.03. The molecular formula is C18H30N2. The molecule has 7 rings (SSSR count). The molecule has 4 aliphatic carbocycles. The van der Waals surface area contributed by atoms with Crippen LogP contribution in [0.4, 0.5) is 0 Å². The molecule has 2 nitrogen and oxygen atoms in total. The average Bonchev–Trinajstić information content (AvgIpc) is 2.45. The van der Waals surface area contributed by atoms with Crippen LogP contribution < -0.4 is 5.31 Å². The Balaban J connectivity index is 1.25. The van der Waals surface area contributed by atoms with Crippen molar-refractivity contribution < 1.29 is 1.41 Å². The highest BCUT2D eigenvalue weighted by molar-refractivity contribution is 5.02. The molecule has 0 aromatic rings. The fraction of sp³-hybridized carbons (Fsp3) is 1.00. The van der Waals surface area contributed by atoms with Crippen LogP contribution in [0.15, 0.2) is 0 Å². The van der Waals surface area contributed by atoms with Gasteiger partial charge < -0.3 is 5.31 Å². The van der Waals surface area contributed by atoms with E-state index in [1.165, 1.54) is 32.4 Å². The second-order valence-electron chi connectivity index (χ2n) is 8.91. The van der Waals surface area contributed by atoms with Crippen molar-refractivity contribution in [1.29, 1.82) is 0 Å². The average molecular weight is 275 g/mol. The third-order valence-corrected chi connectivity index (χ3v) is 7.46. The lowest BCUT2D eigenvalue weighted by Gasteiger charge is -2.58. The van der Waals surface area contributed by atoms with Crippen LogP contribution >= 0.6 is 0 Å². The lowest BCUT2D eigenvalue weighted by Crippen LogP contribution is -2.61. The molecule has 0 radical (unpaired) electrons. The van der Waals surface area contributed by atoms with Gasteiger partial charge in [-0.05, 0) is 87.5 Å². The molecule has 2 atom stereocenters. The summed E-state index contributed by atoms with van der Waals surface area (Å²) in [4.78, 5) is 2.76. The molecule has 0 spiro atoms. The van der Waals surface area contributed by atoms with E-state index >= 15 is 0 Å². The van der Waals surface area contributed by atoms with Gasteiger partial charge in [0.25, 0.3) is 0 Å². The summed E-state index contributed by atoms with van der Waals surface area (Å²) in [5, 5.41) is 1.87. The van der Waals surface area contributed by atoms with Gasteiger partial charge in [0.2, 0.25) is 0 Å². The van der Waals surface area contributed by atoms with Crippen molar-refractivity contribution >= 4 is 0 Å². The van der Waals surface area contributed by atoms with Gasteiger partial charge in [0.15, 0.2) is 0 Å². The molecule has 3 saturated heterocycles. The Hall–Kier alpha value is -0.0800. The molecule has 0 amide bonds. The van der Waals surface area contributed by atoms with Crippen molar-refractivity contribution in [2.24, 2.45) is 23.2 Å². The molecule has 7 aliphatic rings. The van der Waals surface area contributed by atoms with Crippen molar-refractivity contribution in [3.63, 3.8) is 0 Å². The molecule has 3 aliphatic heterocycles. The number of piperazine rings is 1. The summed E-state index contributed by atoms with van der Waals surface area (Å²) in [5.41, 5.74) is 0.742. The standard InChI is InChI=1S/C18H30N2/c1-2-17-11-19-16(1)12-20(17)4-3-18-8-13-5-14(9-18)7-15(6-13)10-18/h13-17,19H,1-12H2/i/hD. The van der Waals surface area contributed by atoms with E-state index in [1.54, 1.807) is 38.5 Å². The SMILES string of the molecule is [2H]N1CC2CCC1CN2CCC12CC3CC(CC(C3)C1)C2. The molecule has 4 saturated carbocycles. The van der Waals surface area contributed by atoms with Gasteiger partial charge in [-0.3, -0.25) is 4.90 Å². The molecule has 2 heteroatoms. The normalized spacial score (nSPS) is 55.4. The van der Waals surface area contributed by atoms with E-state index < -0.39 is 0 Å². The first-order valence-corrected chi connectivity index (χ1v) is 9.19. The Morgan fingerprint density at radius 2 is 1.75 bits per heavy atom. The summed E-state index contributed by atoms with van der Waals surface area (Å²) in [6.07, 6.45) is 13.5. The topological polar surface area (TPSA) is 15.3 Å². The van der Waals surface area contributed by atoms with Crippen molar-refractivity contribution in [1.82, 2.24) is 10.2 Å². The highest BCUT2D eigenvalue weighted by atomic mass is 15.2. The minimum atomic E-state index is 0.534. The van der Waals surface area contributed by atoms with Gasteiger partial charge in [0.1, 0.15) is 1.41 Å². The van der Waals surface area contributed by atoms with Crippen LogP contribution in [0.3, 0.4) is 0 Å². The highest BCUT2D eigenvalue weighted by Gasteiger charge is 2.50. The smallest absolute Gasteiger partial charge is 0.123 e. The van der Waals surface area contributed by atoms with Gasteiger partial charge in [-0.1, -0.05) is 0 Å². The minimum Gasteiger partial charge on any atom is -0.311 e. The first-order valence-electron chi connectivity index (χ1n) is 9.63. The van der Waals surface area contributed by atoms with Crippen molar-refractivity contribution in [2.45, 2.75) is 69.9 Å². The van der Waals surface area contributed by atoms with Crippen LogP contribution in [-0.2, 0) is 0 Å². The number of rotatable bonds is 3. The summed E-state index contributed by atoms with van der Waals surface area (Å²) < 4.78 is 8.03. The lowest BCUT2D eigenvalue weighted by atomic mass is 9.49. The monoisotopic (exact) mass is 275 g/mol. The maximum atomic E-state index is 8.03. The molecule has 2 unspecified atom stereocenters. The van der Waals surface area contributed by atoms with E-state index in [0.29, 0.717) is 12.1 Å². The Morgan fingerprint density at radius 1 is 1.05 bits per heavy atom. The summed E-state index contributed by atoms with van der Waals surface area (Å²) >= 11 is 0. The van der Waals surface area contributed by atoms with Gasteiger partial charge in [-0.2, -0.15) is 0 Å². The summed E-state index contributed by atoms with van der Waals surface area (Å²) in [5.74, 6) is 3.29. The molecule has 112 valence electrons. The molecular weight excluding hydrogens is 244 g/mol. The number of nitrogens with zero attached hydrogens (tertiary/aromatic N) is 1. The largest absolute Gasteiger partial charge is 0.311 e. The number of nitrogens with one attached hydrogen (secondary N) is 1. The third-order valence-electron chi connectivity index (χ3n) is 7.46. The third kappa shape index (κ3) is 1.98. The van der Waals surface area contributed by atoms with Gasteiger partial charge in [0, 0.05) is 25.2 Å². The predicted molar refractivity (Wildman–Crippen MR) is 81.6 cm³/mol. The summed E-state index contributed by atoms with van der Waals surface area (Å²) in [6, 6.07) is 1.23. The number of hydrogen-bond donors (Lipinski definition) is 1. The van der Waals surface area contributed by atoms with Crippen LogP contribution in [-0.4, -0.2) is 36.6 Å². The molecule has 1 N–H and O–H groups in total. The van der Waals surface area contributed by atoms with Gasteiger partial charge in [-0.25, -0.2) is 0 Å². The van der Waals surface area contributed by atoms with E-state index in [-0.39, 0.29) is 0 Å².